The van der Waals surface area contributed by atoms with Crippen LogP contribution in [-0.2, 0) is 0 Å². The molecular weight excluding hydrogens is 362 g/mol. The molecule has 0 spiro atoms. The Morgan fingerprint density at radius 3 is 2.24 bits per heavy atom. The summed E-state index contributed by atoms with van der Waals surface area (Å²) in [5.41, 5.74) is 5.01. The number of aryl methyl sites for hydroxylation is 1. The van der Waals surface area contributed by atoms with Crippen molar-refractivity contribution in [1.29, 1.82) is 0 Å². The number of nitrogens with one attached hydrogen (secondary N) is 2. The molecule has 0 aliphatic rings. The van der Waals surface area contributed by atoms with Gasteiger partial charge in [-0.25, -0.2) is 9.97 Å². The molecule has 2 heterocycles. The molecule has 1 unspecified atom stereocenters. The number of amides is 1. The van der Waals surface area contributed by atoms with Gasteiger partial charge in [-0.1, -0.05) is 24.3 Å². The maximum Gasteiger partial charge on any atom is 0.255 e. The Hall–Kier alpha value is -3.80. The van der Waals surface area contributed by atoms with Crippen LogP contribution < -0.4 is 10.6 Å². The third-order valence-corrected chi connectivity index (χ3v) is 4.71. The molecule has 0 fully saturated rings. The summed E-state index contributed by atoms with van der Waals surface area (Å²) in [5, 5.41) is 6.33. The van der Waals surface area contributed by atoms with Crippen LogP contribution in [0, 0.1) is 6.92 Å². The summed E-state index contributed by atoms with van der Waals surface area (Å²) < 4.78 is 0. The molecule has 0 aliphatic carbocycles. The van der Waals surface area contributed by atoms with E-state index in [9.17, 15) is 4.79 Å². The Balaban J connectivity index is 1.46. The minimum atomic E-state index is -0.159. The molecule has 0 radical (unpaired) electrons. The molecule has 1 amide bonds. The predicted molar refractivity (Wildman–Crippen MR) is 115 cm³/mol. The molecule has 1 atom stereocenters. The third kappa shape index (κ3) is 4.21. The summed E-state index contributed by atoms with van der Waals surface area (Å²) in [5.74, 6) is 0.611. The largest absolute Gasteiger partial charge is 0.362 e. The third-order valence-electron chi connectivity index (χ3n) is 4.71. The van der Waals surface area contributed by atoms with E-state index in [-0.39, 0.29) is 11.9 Å². The van der Waals surface area contributed by atoms with E-state index in [0.29, 0.717) is 5.56 Å². The van der Waals surface area contributed by atoms with Gasteiger partial charge < -0.3 is 10.6 Å². The second-order valence-electron chi connectivity index (χ2n) is 6.82. The van der Waals surface area contributed by atoms with Crippen molar-refractivity contribution in [2.45, 2.75) is 19.9 Å². The zero-order valence-corrected chi connectivity index (χ0v) is 16.3. The number of nitrogens with zero attached hydrogens (tertiary/aromatic N) is 3. The first kappa shape index (κ1) is 18.6. The van der Waals surface area contributed by atoms with Crippen molar-refractivity contribution >= 4 is 28.4 Å². The van der Waals surface area contributed by atoms with E-state index in [1.165, 1.54) is 0 Å². The van der Waals surface area contributed by atoms with E-state index in [0.717, 1.165) is 33.8 Å². The topological polar surface area (TPSA) is 79.8 Å². The number of carbonyl (C=O) groups excluding carboxylic acids is 1. The maximum absolute atomic E-state index is 12.3. The van der Waals surface area contributed by atoms with Gasteiger partial charge >= 0.3 is 0 Å². The van der Waals surface area contributed by atoms with Crippen molar-refractivity contribution in [3.8, 4) is 0 Å². The number of anilines is 2. The molecule has 29 heavy (non-hydrogen) atoms. The second-order valence-corrected chi connectivity index (χ2v) is 6.82. The number of hydrogen-bond acceptors (Lipinski definition) is 5. The van der Waals surface area contributed by atoms with Gasteiger partial charge in [-0.15, -0.1) is 0 Å². The lowest BCUT2D eigenvalue weighted by Gasteiger charge is -2.17. The predicted octanol–water partition coefficient (Wildman–Crippen LogP) is 4.76. The van der Waals surface area contributed by atoms with Crippen LogP contribution >= 0.6 is 0 Å². The average Bonchev–Trinajstić information content (AvgIpc) is 2.75. The molecule has 2 N–H and O–H groups in total. The summed E-state index contributed by atoms with van der Waals surface area (Å²) >= 11 is 0. The molecule has 4 aromatic rings. The summed E-state index contributed by atoms with van der Waals surface area (Å²) in [6, 6.07) is 19.0. The first-order chi connectivity index (χ1) is 14.1. The summed E-state index contributed by atoms with van der Waals surface area (Å²) in [6.07, 6.45) is 3.20. The van der Waals surface area contributed by atoms with E-state index < -0.39 is 0 Å². The minimum absolute atomic E-state index is 0.0362. The van der Waals surface area contributed by atoms with Gasteiger partial charge in [0.15, 0.2) is 0 Å². The number of hydrogen-bond donors (Lipinski definition) is 2. The fourth-order valence-corrected chi connectivity index (χ4v) is 3.08. The molecular formula is C23H21N5O. The lowest BCUT2D eigenvalue weighted by Crippen LogP contribution is -2.12. The van der Waals surface area contributed by atoms with E-state index in [1.54, 1.807) is 24.5 Å². The molecule has 2 aromatic heterocycles. The highest BCUT2D eigenvalue weighted by molar-refractivity contribution is 6.04. The van der Waals surface area contributed by atoms with Crippen molar-refractivity contribution in [2.75, 3.05) is 10.6 Å². The molecule has 6 nitrogen and oxygen atoms in total. The van der Waals surface area contributed by atoms with Gasteiger partial charge in [0.1, 0.15) is 5.82 Å². The summed E-state index contributed by atoms with van der Waals surface area (Å²) in [6.45, 7) is 4.02. The van der Waals surface area contributed by atoms with Gasteiger partial charge in [0.05, 0.1) is 22.8 Å². The van der Waals surface area contributed by atoms with Crippen LogP contribution in [0.5, 0.6) is 0 Å². The van der Waals surface area contributed by atoms with Crippen LogP contribution in [0.1, 0.15) is 34.6 Å². The Morgan fingerprint density at radius 1 is 0.897 bits per heavy atom. The smallest absolute Gasteiger partial charge is 0.255 e. The van der Waals surface area contributed by atoms with E-state index in [1.807, 2.05) is 55.5 Å². The summed E-state index contributed by atoms with van der Waals surface area (Å²) in [4.78, 5) is 25.5. The van der Waals surface area contributed by atoms with Crippen LogP contribution in [0.2, 0.25) is 0 Å². The van der Waals surface area contributed by atoms with Crippen LogP contribution in [0.4, 0.5) is 11.5 Å². The van der Waals surface area contributed by atoms with Crippen molar-refractivity contribution < 1.29 is 4.79 Å². The zero-order chi connectivity index (χ0) is 20.2. The number of fused-ring (bicyclic) bond motifs is 1. The van der Waals surface area contributed by atoms with Crippen LogP contribution in [0.3, 0.4) is 0 Å². The van der Waals surface area contributed by atoms with E-state index >= 15 is 0 Å². The quantitative estimate of drug-likeness (QED) is 0.519. The Kier molecular flexibility index (Phi) is 5.16. The van der Waals surface area contributed by atoms with Gasteiger partial charge in [-0.05, 0) is 55.8 Å². The average molecular weight is 383 g/mol. The Bertz CT molecular complexity index is 1140. The van der Waals surface area contributed by atoms with Gasteiger partial charge in [0.25, 0.3) is 5.91 Å². The van der Waals surface area contributed by atoms with Gasteiger partial charge in [-0.2, -0.15) is 0 Å². The molecule has 2 aromatic carbocycles. The van der Waals surface area contributed by atoms with E-state index in [2.05, 4.69) is 27.5 Å². The van der Waals surface area contributed by atoms with Crippen LogP contribution in [-0.4, -0.2) is 20.9 Å². The number of carbonyl (C=O) groups is 1. The van der Waals surface area contributed by atoms with E-state index in [4.69, 9.17) is 4.98 Å². The van der Waals surface area contributed by atoms with Crippen LogP contribution in [0.15, 0.2) is 73.1 Å². The lowest BCUT2D eigenvalue weighted by molar-refractivity contribution is 0.102. The lowest BCUT2D eigenvalue weighted by atomic mass is 10.1. The normalized spacial score (nSPS) is 11.8. The molecule has 4 rings (SSSR count). The fraction of sp³-hybridized carbons (Fsp3) is 0.130. The Morgan fingerprint density at radius 2 is 1.55 bits per heavy atom. The SMILES string of the molecule is Cc1nc2ccccc2nc1NC(C)c1ccc(NC(=O)c2ccncc2)cc1. The molecule has 0 aliphatic heterocycles. The minimum Gasteiger partial charge on any atom is -0.362 e. The van der Waals surface area contributed by atoms with Gasteiger partial charge in [-0.3, -0.25) is 9.78 Å². The Labute approximate surface area is 169 Å². The van der Waals surface area contributed by atoms with Crippen molar-refractivity contribution in [2.24, 2.45) is 0 Å². The first-order valence-corrected chi connectivity index (χ1v) is 9.41. The van der Waals surface area contributed by atoms with Crippen LogP contribution in [0.25, 0.3) is 11.0 Å². The fourth-order valence-electron chi connectivity index (χ4n) is 3.08. The molecule has 6 heteroatoms. The molecule has 0 saturated heterocycles. The standard InChI is InChI=1S/C23H21N5O/c1-15(26-22-16(2)25-20-5-3-4-6-21(20)28-22)17-7-9-19(10-8-17)27-23(29)18-11-13-24-14-12-18/h3-15H,1-2H3,(H,26,28)(H,27,29). The maximum atomic E-state index is 12.3. The molecule has 144 valence electrons. The van der Waals surface area contributed by atoms with Gasteiger partial charge in [0.2, 0.25) is 0 Å². The highest BCUT2D eigenvalue weighted by Gasteiger charge is 2.11. The van der Waals surface area contributed by atoms with Crippen molar-refractivity contribution in [3.63, 3.8) is 0 Å². The van der Waals surface area contributed by atoms with Crippen molar-refractivity contribution in [3.05, 3.63) is 89.9 Å². The number of pyridine rings is 1. The van der Waals surface area contributed by atoms with Gasteiger partial charge in [0, 0.05) is 23.6 Å². The number of benzene rings is 2. The first-order valence-electron chi connectivity index (χ1n) is 9.41. The monoisotopic (exact) mass is 383 g/mol. The highest BCUT2D eigenvalue weighted by atomic mass is 16.1. The number of aromatic nitrogens is 3. The number of para-hydroxylation sites is 2. The summed E-state index contributed by atoms with van der Waals surface area (Å²) in [7, 11) is 0. The highest BCUT2D eigenvalue weighted by Crippen LogP contribution is 2.23. The molecule has 0 saturated carbocycles. The second kappa shape index (κ2) is 8.06. The zero-order valence-electron chi connectivity index (χ0n) is 16.3. The van der Waals surface area contributed by atoms with Crippen molar-refractivity contribution in [1.82, 2.24) is 15.0 Å². The number of rotatable bonds is 5. The molecule has 0 bridgehead atoms.